The van der Waals surface area contributed by atoms with E-state index in [1.165, 1.54) is 17.7 Å². The molecule has 0 unspecified atom stereocenters. The Hall–Kier alpha value is -1.84. The Morgan fingerprint density at radius 3 is 2.75 bits per heavy atom. The molecule has 1 amide bonds. The molecule has 2 atom stereocenters. The molecule has 1 aliphatic carbocycles. The van der Waals surface area contributed by atoms with Gasteiger partial charge in [0.2, 0.25) is 0 Å². The van der Waals surface area contributed by atoms with Crippen LogP contribution in [-0.2, 0) is 0 Å². The molecule has 2 aliphatic rings. The van der Waals surface area contributed by atoms with Crippen LogP contribution in [0.5, 0.6) is 0 Å². The SMILES string of the molecule is CC1=CC[C@H]2CN(C(=O)c3cc(=O)cc(C)o3)C[C@H]2C1. The highest BCUT2D eigenvalue weighted by Crippen LogP contribution is 2.36. The van der Waals surface area contributed by atoms with E-state index in [-0.39, 0.29) is 17.1 Å². The van der Waals surface area contributed by atoms with Crippen molar-refractivity contribution in [2.45, 2.75) is 26.7 Å². The summed E-state index contributed by atoms with van der Waals surface area (Å²) >= 11 is 0. The molecule has 1 aliphatic heterocycles. The zero-order valence-corrected chi connectivity index (χ0v) is 11.9. The second-order valence-electron chi connectivity index (χ2n) is 5.99. The molecule has 1 aromatic heterocycles. The number of hydrogen-bond donors (Lipinski definition) is 0. The third kappa shape index (κ3) is 2.42. The van der Waals surface area contributed by atoms with Gasteiger partial charge in [0.05, 0.1) is 0 Å². The lowest BCUT2D eigenvalue weighted by molar-refractivity contribution is 0.0748. The van der Waals surface area contributed by atoms with Gasteiger partial charge in [-0.1, -0.05) is 11.6 Å². The maximum Gasteiger partial charge on any atom is 0.289 e. The normalized spacial score (nSPS) is 25.3. The van der Waals surface area contributed by atoms with Gasteiger partial charge in [-0.15, -0.1) is 0 Å². The average molecular weight is 273 g/mol. The number of rotatable bonds is 1. The molecule has 20 heavy (non-hydrogen) atoms. The van der Waals surface area contributed by atoms with Gasteiger partial charge in [0.15, 0.2) is 11.2 Å². The van der Waals surface area contributed by atoms with Crippen LogP contribution in [-0.4, -0.2) is 23.9 Å². The molecule has 0 saturated carbocycles. The smallest absolute Gasteiger partial charge is 0.289 e. The maximum absolute atomic E-state index is 12.5. The highest BCUT2D eigenvalue weighted by Gasteiger charge is 2.37. The summed E-state index contributed by atoms with van der Waals surface area (Å²) in [6.07, 6.45) is 4.41. The van der Waals surface area contributed by atoms with E-state index in [9.17, 15) is 9.59 Å². The van der Waals surface area contributed by atoms with Gasteiger partial charge in [0.25, 0.3) is 5.91 Å². The van der Waals surface area contributed by atoms with Gasteiger partial charge < -0.3 is 9.32 Å². The van der Waals surface area contributed by atoms with Crippen LogP contribution in [0.25, 0.3) is 0 Å². The number of amides is 1. The Kier molecular flexibility index (Phi) is 3.24. The van der Waals surface area contributed by atoms with Crippen molar-refractivity contribution in [3.8, 4) is 0 Å². The van der Waals surface area contributed by atoms with Crippen LogP contribution in [0.4, 0.5) is 0 Å². The third-order valence-electron chi connectivity index (χ3n) is 4.32. The molecule has 2 heterocycles. The van der Waals surface area contributed by atoms with E-state index in [4.69, 9.17) is 4.42 Å². The maximum atomic E-state index is 12.5. The Morgan fingerprint density at radius 1 is 1.25 bits per heavy atom. The lowest BCUT2D eigenvalue weighted by atomic mass is 9.83. The number of carbonyl (C=O) groups is 1. The largest absolute Gasteiger partial charge is 0.456 e. The van der Waals surface area contributed by atoms with E-state index >= 15 is 0 Å². The van der Waals surface area contributed by atoms with Gasteiger partial charge >= 0.3 is 0 Å². The van der Waals surface area contributed by atoms with Crippen molar-refractivity contribution < 1.29 is 9.21 Å². The van der Waals surface area contributed by atoms with Crippen LogP contribution in [0, 0.1) is 18.8 Å². The van der Waals surface area contributed by atoms with Gasteiger partial charge in [-0.3, -0.25) is 9.59 Å². The second-order valence-corrected chi connectivity index (χ2v) is 5.99. The van der Waals surface area contributed by atoms with Crippen LogP contribution in [0.3, 0.4) is 0 Å². The van der Waals surface area contributed by atoms with E-state index in [1.54, 1.807) is 6.92 Å². The predicted molar refractivity (Wildman–Crippen MR) is 75.6 cm³/mol. The van der Waals surface area contributed by atoms with Crippen LogP contribution in [0.15, 0.2) is 33.0 Å². The average Bonchev–Trinajstić information content (AvgIpc) is 2.79. The summed E-state index contributed by atoms with van der Waals surface area (Å²) in [5, 5.41) is 0. The summed E-state index contributed by atoms with van der Waals surface area (Å²) in [5.74, 6) is 1.60. The predicted octanol–water partition coefficient (Wildman–Crippen LogP) is 2.38. The van der Waals surface area contributed by atoms with Gasteiger partial charge in [-0.05, 0) is 38.5 Å². The Morgan fingerprint density at radius 2 is 2.00 bits per heavy atom. The van der Waals surface area contributed by atoms with E-state index < -0.39 is 0 Å². The van der Waals surface area contributed by atoms with Crippen molar-refractivity contribution in [1.82, 2.24) is 4.90 Å². The first-order valence-corrected chi connectivity index (χ1v) is 7.09. The molecule has 0 bridgehead atoms. The summed E-state index contributed by atoms with van der Waals surface area (Å²) in [6.45, 7) is 5.38. The molecular weight excluding hydrogens is 254 g/mol. The minimum absolute atomic E-state index is 0.155. The number of nitrogens with zero attached hydrogens (tertiary/aromatic N) is 1. The number of allylic oxidation sites excluding steroid dienone is 2. The van der Waals surface area contributed by atoms with Gasteiger partial charge in [-0.25, -0.2) is 0 Å². The number of hydrogen-bond acceptors (Lipinski definition) is 3. The Labute approximate surface area is 118 Å². The molecule has 4 nitrogen and oxygen atoms in total. The highest BCUT2D eigenvalue weighted by molar-refractivity contribution is 5.91. The zero-order valence-electron chi connectivity index (χ0n) is 11.9. The van der Waals surface area contributed by atoms with E-state index in [0.29, 0.717) is 17.6 Å². The monoisotopic (exact) mass is 273 g/mol. The molecule has 1 fully saturated rings. The summed E-state index contributed by atoms with van der Waals surface area (Å²) in [5.41, 5.74) is 1.24. The number of aryl methyl sites for hydroxylation is 1. The minimum Gasteiger partial charge on any atom is -0.456 e. The van der Waals surface area contributed by atoms with Crippen LogP contribution >= 0.6 is 0 Å². The zero-order chi connectivity index (χ0) is 14.3. The molecule has 0 N–H and O–H groups in total. The second kappa shape index (κ2) is 4.93. The first-order valence-electron chi connectivity index (χ1n) is 7.09. The van der Waals surface area contributed by atoms with Crippen molar-refractivity contribution in [2.24, 2.45) is 11.8 Å². The fourth-order valence-corrected chi connectivity index (χ4v) is 3.32. The lowest BCUT2D eigenvalue weighted by Crippen LogP contribution is -2.29. The van der Waals surface area contributed by atoms with Crippen molar-refractivity contribution in [1.29, 1.82) is 0 Å². The molecule has 1 aromatic rings. The lowest BCUT2D eigenvalue weighted by Gasteiger charge is -2.21. The summed E-state index contributed by atoms with van der Waals surface area (Å²) < 4.78 is 5.40. The van der Waals surface area contributed by atoms with Crippen LogP contribution in [0.2, 0.25) is 0 Å². The van der Waals surface area contributed by atoms with Crippen LogP contribution in [0.1, 0.15) is 36.1 Å². The van der Waals surface area contributed by atoms with Crippen LogP contribution < -0.4 is 5.43 Å². The Bertz CT molecular complexity index is 629. The number of fused-ring (bicyclic) bond motifs is 1. The van der Waals surface area contributed by atoms with Crippen molar-refractivity contribution in [3.63, 3.8) is 0 Å². The minimum atomic E-state index is -0.175. The van der Waals surface area contributed by atoms with Crippen molar-refractivity contribution in [2.75, 3.05) is 13.1 Å². The number of likely N-dealkylation sites (tertiary alicyclic amines) is 1. The van der Waals surface area contributed by atoms with Crippen molar-refractivity contribution in [3.05, 3.63) is 45.5 Å². The van der Waals surface area contributed by atoms with E-state index in [2.05, 4.69) is 13.0 Å². The molecule has 0 aromatic carbocycles. The fourth-order valence-electron chi connectivity index (χ4n) is 3.32. The topological polar surface area (TPSA) is 50.5 Å². The van der Waals surface area contributed by atoms with Gasteiger partial charge in [0, 0.05) is 25.2 Å². The molecule has 0 radical (unpaired) electrons. The standard InChI is InChI=1S/C16H19NO3/c1-10-3-4-12-8-17(9-13(12)5-10)16(19)15-7-14(18)6-11(2)20-15/h3,6-7,12-13H,4-5,8-9H2,1-2H3/t12-,13+/m0/s1. The summed E-state index contributed by atoms with van der Waals surface area (Å²) in [7, 11) is 0. The molecule has 4 heteroatoms. The number of carbonyl (C=O) groups excluding carboxylic acids is 1. The van der Waals surface area contributed by atoms with E-state index in [0.717, 1.165) is 25.9 Å². The highest BCUT2D eigenvalue weighted by atomic mass is 16.3. The fraction of sp³-hybridized carbons (Fsp3) is 0.500. The first-order chi connectivity index (χ1) is 9.52. The first kappa shape index (κ1) is 13.2. The van der Waals surface area contributed by atoms with E-state index in [1.807, 2.05) is 4.90 Å². The molecule has 3 rings (SSSR count). The van der Waals surface area contributed by atoms with Gasteiger partial charge in [0.1, 0.15) is 5.76 Å². The summed E-state index contributed by atoms with van der Waals surface area (Å²) in [4.78, 5) is 25.8. The molecular formula is C16H19NO3. The molecule has 0 spiro atoms. The Balaban J connectivity index is 1.78. The van der Waals surface area contributed by atoms with Gasteiger partial charge in [-0.2, -0.15) is 0 Å². The molecule has 1 saturated heterocycles. The molecule has 106 valence electrons. The summed E-state index contributed by atoms with van der Waals surface area (Å²) in [6, 6.07) is 2.69. The van der Waals surface area contributed by atoms with Crippen molar-refractivity contribution >= 4 is 5.91 Å². The quantitative estimate of drug-likeness (QED) is 0.738. The third-order valence-corrected chi connectivity index (χ3v) is 4.32.